The molecule has 0 unspecified atom stereocenters. The van der Waals surface area contributed by atoms with E-state index < -0.39 is 20.6 Å². The van der Waals surface area contributed by atoms with Gasteiger partial charge in [0.05, 0.1) is 4.92 Å². The van der Waals surface area contributed by atoms with Crippen LogP contribution in [-0.2, 0) is 14.8 Å². The van der Waals surface area contributed by atoms with Gasteiger partial charge in [0.25, 0.3) is 5.69 Å². The molecule has 1 aliphatic carbocycles. The molecule has 3 rings (SSSR count). The van der Waals surface area contributed by atoms with Crippen molar-refractivity contribution in [2.24, 2.45) is 5.92 Å². The number of amides is 1. The lowest BCUT2D eigenvalue weighted by atomic mass is 9.86. The van der Waals surface area contributed by atoms with Gasteiger partial charge in [-0.2, -0.15) is 4.31 Å². The van der Waals surface area contributed by atoms with Gasteiger partial charge in [0.15, 0.2) is 4.90 Å². The molecule has 1 amide bonds. The maximum atomic E-state index is 12.8. The van der Waals surface area contributed by atoms with Gasteiger partial charge >= 0.3 is 0 Å². The van der Waals surface area contributed by atoms with Crippen LogP contribution in [0, 0.1) is 16.0 Å². The second kappa shape index (κ2) is 9.00. The molecule has 28 heavy (non-hydrogen) atoms. The number of hydrogen-bond donors (Lipinski definition) is 0. The molecule has 154 valence electrons. The van der Waals surface area contributed by atoms with Crippen molar-refractivity contribution in [2.45, 2.75) is 49.8 Å². The molecule has 1 saturated carbocycles. The summed E-state index contributed by atoms with van der Waals surface area (Å²) < 4.78 is 26.9. The van der Waals surface area contributed by atoms with E-state index in [1.807, 2.05) is 0 Å². The molecular weight excluding hydrogens is 382 g/mol. The zero-order valence-corrected chi connectivity index (χ0v) is 16.8. The predicted molar refractivity (Wildman–Crippen MR) is 104 cm³/mol. The van der Waals surface area contributed by atoms with Gasteiger partial charge in [0.1, 0.15) is 0 Å². The molecule has 0 aromatic heterocycles. The highest BCUT2D eigenvalue weighted by Crippen LogP contribution is 2.29. The SMILES string of the molecule is O=C(CCC1CCCCC1)N1CCN(S(=O)(=O)c2ccccc2[N+](=O)[O-])CC1. The highest BCUT2D eigenvalue weighted by atomic mass is 32.2. The maximum Gasteiger partial charge on any atom is 0.289 e. The van der Waals surface area contributed by atoms with E-state index in [1.54, 1.807) is 4.90 Å². The van der Waals surface area contributed by atoms with Crippen LogP contribution >= 0.6 is 0 Å². The Balaban J connectivity index is 1.57. The Morgan fingerprint density at radius 2 is 1.71 bits per heavy atom. The van der Waals surface area contributed by atoms with Crippen molar-refractivity contribution >= 4 is 21.6 Å². The van der Waals surface area contributed by atoms with Crippen LogP contribution in [-0.4, -0.2) is 54.6 Å². The molecule has 1 aliphatic heterocycles. The van der Waals surface area contributed by atoms with Crippen LogP contribution in [0.4, 0.5) is 5.69 Å². The fourth-order valence-corrected chi connectivity index (χ4v) is 5.68. The summed E-state index contributed by atoms with van der Waals surface area (Å²) in [7, 11) is -3.96. The Hall–Kier alpha value is -2.00. The highest BCUT2D eigenvalue weighted by Gasteiger charge is 2.34. The van der Waals surface area contributed by atoms with Crippen LogP contribution < -0.4 is 0 Å². The Labute approximate surface area is 165 Å². The van der Waals surface area contributed by atoms with Gasteiger partial charge < -0.3 is 4.90 Å². The molecule has 0 atom stereocenters. The summed E-state index contributed by atoms with van der Waals surface area (Å²) in [6, 6.07) is 5.37. The van der Waals surface area contributed by atoms with Crippen LogP contribution in [0.5, 0.6) is 0 Å². The Morgan fingerprint density at radius 1 is 1.07 bits per heavy atom. The van der Waals surface area contributed by atoms with Crippen molar-refractivity contribution in [1.82, 2.24) is 9.21 Å². The summed E-state index contributed by atoms with van der Waals surface area (Å²) in [4.78, 5) is 24.4. The van der Waals surface area contributed by atoms with Crippen molar-refractivity contribution in [3.05, 3.63) is 34.4 Å². The first-order chi connectivity index (χ1) is 13.4. The molecule has 1 heterocycles. The lowest BCUT2D eigenvalue weighted by Crippen LogP contribution is -2.50. The molecule has 9 heteroatoms. The molecule has 0 radical (unpaired) electrons. The minimum absolute atomic E-state index is 0.0771. The van der Waals surface area contributed by atoms with Crippen molar-refractivity contribution < 1.29 is 18.1 Å². The number of nitro groups is 1. The predicted octanol–water partition coefficient (Wildman–Crippen LogP) is 2.79. The molecule has 8 nitrogen and oxygen atoms in total. The Bertz CT molecular complexity index is 813. The van der Waals surface area contributed by atoms with Crippen LogP contribution in [0.25, 0.3) is 0 Å². The fraction of sp³-hybridized carbons (Fsp3) is 0.632. The third-order valence-electron chi connectivity index (χ3n) is 5.76. The van der Waals surface area contributed by atoms with Gasteiger partial charge in [0.2, 0.25) is 15.9 Å². The lowest BCUT2D eigenvalue weighted by Gasteiger charge is -2.34. The molecule has 2 aliphatic rings. The number of piperazine rings is 1. The minimum Gasteiger partial charge on any atom is -0.340 e. The zero-order chi connectivity index (χ0) is 20.1. The number of benzene rings is 1. The molecular formula is C19H27N3O5S. The largest absolute Gasteiger partial charge is 0.340 e. The number of carbonyl (C=O) groups excluding carboxylic acids is 1. The third-order valence-corrected chi connectivity index (χ3v) is 7.71. The van der Waals surface area contributed by atoms with Gasteiger partial charge in [-0.3, -0.25) is 14.9 Å². The van der Waals surface area contributed by atoms with E-state index in [4.69, 9.17) is 0 Å². The number of para-hydroxylation sites is 1. The van der Waals surface area contributed by atoms with E-state index >= 15 is 0 Å². The summed E-state index contributed by atoms with van der Waals surface area (Å²) >= 11 is 0. The first-order valence-corrected chi connectivity index (χ1v) is 11.3. The van der Waals surface area contributed by atoms with Crippen molar-refractivity contribution in [3.8, 4) is 0 Å². The van der Waals surface area contributed by atoms with Gasteiger partial charge in [0, 0.05) is 38.7 Å². The number of hydrogen-bond acceptors (Lipinski definition) is 5. The van der Waals surface area contributed by atoms with Crippen molar-refractivity contribution in [3.63, 3.8) is 0 Å². The molecule has 0 N–H and O–H groups in total. The summed E-state index contributed by atoms with van der Waals surface area (Å²) in [5, 5.41) is 11.2. The second-order valence-electron chi connectivity index (χ2n) is 7.55. The number of carbonyl (C=O) groups is 1. The number of nitro benzene ring substituents is 1. The first kappa shape index (κ1) is 20.7. The van der Waals surface area contributed by atoms with Crippen LogP contribution in [0.3, 0.4) is 0 Å². The number of nitrogens with zero attached hydrogens (tertiary/aromatic N) is 3. The van der Waals surface area contributed by atoms with Crippen LogP contribution in [0.2, 0.25) is 0 Å². The first-order valence-electron chi connectivity index (χ1n) is 9.91. The Morgan fingerprint density at radius 3 is 2.36 bits per heavy atom. The quantitative estimate of drug-likeness (QED) is 0.531. The smallest absolute Gasteiger partial charge is 0.289 e. The fourth-order valence-electron chi connectivity index (χ4n) is 4.10. The van der Waals surface area contributed by atoms with Gasteiger partial charge in [-0.25, -0.2) is 8.42 Å². The maximum absolute atomic E-state index is 12.8. The topological polar surface area (TPSA) is 101 Å². The third kappa shape index (κ3) is 4.70. The number of rotatable bonds is 6. The van der Waals surface area contributed by atoms with Crippen LogP contribution in [0.15, 0.2) is 29.2 Å². The zero-order valence-electron chi connectivity index (χ0n) is 16.0. The van der Waals surface area contributed by atoms with E-state index in [-0.39, 0.29) is 23.9 Å². The molecule has 1 saturated heterocycles. The van der Waals surface area contributed by atoms with Gasteiger partial charge in [-0.15, -0.1) is 0 Å². The van der Waals surface area contributed by atoms with E-state index in [0.717, 1.165) is 6.42 Å². The minimum atomic E-state index is -3.96. The van der Waals surface area contributed by atoms with Crippen molar-refractivity contribution in [1.29, 1.82) is 0 Å². The molecule has 1 aromatic rings. The molecule has 0 bridgehead atoms. The Kier molecular flexibility index (Phi) is 6.66. The van der Waals surface area contributed by atoms with Gasteiger partial charge in [-0.05, 0) is 18.4 Å². The normalized spacial score (nSPS) is 19.5. The lowest BCUT2D eigenvalue weighted by molar-refractivity contribution is -0.387. The molecule has 0 spiro atoms. The summed E-state index contributed by atoms with van der Waals surface area (Å²) in [5.74, 6) is 0.714. The average molecular weight is 410 g/mol. The van der Waals surface area contributed by atoms with E-state index in [2.05, 4.69) is 0 Å². The highest BCUT2D eigenvalue weighted by molar-refractivity contribution is 7.89. The average Bonchev–Trinajstić information content (AvgIpc) is 2.73. The summed E-state index contributed by atoms with van der Waals surface area (Å²) in [6.45, 7) is 0.958. The van der Waals surface area contributed by atoms with E-state index in [9.17, 15) is 23.3 Å². The standard InChI is InChI=1S/C19H27N3O5S/c23-19(11-10-16-6-2-1-3-7-16)20-12-14-21(15-13-20)28(26,27)18-9-5-4-8-17(18)22(24)25/h4-5,8-9,16H,1-3,6-7,10-15H2. The van der Waals surface area contributed by atoms with E-state index in [1.165, 1.54) is 60.7 Å². The van der Waals surface area contributed by atoms with E-state index in [0.29, 0.717) is 25.4 Å². The summed E-state index contributed by atoms with van der Waals surface area (Å²) in [5.41, 5.74) is -0.423. The van der Waals surface area contributed by atoms with Gasteiger partial charge in [-0.1, -0.05) is 44.2 Å². The molecule has 1 aromatic carbocycles. The monoisotopic (exact) mass is 409 g/mol. The van der Waals surface area contributed by atoms with Crippen LogP contribution in [0.1, 0.15) is 44.9 Å². The second-order valence-corrected chi connectivity index (χ2v) is 9.46. The summed E-state index contributed by atoms with van der Waals surface area (Å²) in [6.07, 6.45) is 7.63. The van der Waals surface area contributed by atoms with Crippen molar-refractivity contribution in [2.75, 3.05) is 26.2 Å². The molecule has 2 fully saturated rings. The number of sulfonamides is 1.